The predicted octanol–water partition coefficient (Wildman–Crippen LogP) is 3.24. The molecule has 0 aliphatic carbocycles. The third kappa shape index (κ3) is 3.21. The van der Waals surface area contributed by atoms with Crippen molar-refractivity contribution in [2.75, 3.05) is 0 Å². The average Bonchev–Trinajstić information content (AvgIpc) is 2.60. The molecular formula is C19H18O4. The summed E-state index contributed by atoms with van der Waals surface area (Å²) in [7, 11) is 0. The van der Waals surface area contributed by atoms with Crippen molar-refractivity contribution in [3.63, 3.8) is 0 Å². The second-order valence-corrected chi connectivity index (χ2v) is 5.60. The maximum atomic E-state index is 12.5. The molecule has 118 valence electrons. The van der Waals surface area contributed by atoms with Gasteiger partial charge in [-0.1, -0.05) is 55.5 Å². The van der Waals surface area contributed by atoms with Gasteiger partial charge in [-0.3, -0.25) is 9.59 Å². The van der Waals surface area contributed by atoms with Gasteiger partial charge < -0.3 is 5.11 Å². The Morgan fingerprint density at radius 2 is 1.57 bits per heavy atom. The van der Waals surface area contributed by atoms with Crippen molar-refractivity contribution in [2.24, 2.45) is 0 Å². The van der Waals surface area contributed by atoms with Gasteiger partial charge in [-0.25, -0.2) is 4.79 Å². The molecule has 23 heavy (non-hydrogen) atoms. The minimum absolute atomic E-state index is 0.159. The minimum Gasteiger partial charge on any atom is -0.475 e. The van der Waals surface area contributed by atoms with Crippen LogP contribution in [-0.2, 0) is 15.0 Å². The number of aliphatic carboxylic acids is 1. The van der Waals surface area contributed by atoms with Gasteiger partial charge in [-0.2, -0.15) is 0 Å². The third-order valence-electron chi connectivity index (χ3n) is 4.20. The molecule has 0 saturated heterocycles. The van der Waals surface area contributed by atoms with Crippen LogP contribution in [0.25, 0.3) is 0 Å². The molecule has 1 atom stereocenters. The Morgan fingerprint density at radius 3 is 2.13 bits per heavy atom. The van der Waals surface area contributed by atoms with Crippen LogP contribution in [0.15, 0.2) is 54.6 Å². The SMILES string of the molecule is CCC(C)(C(=O)C(=O)O)c1cccc(C(=O)c2ccccc2)c1. The number of hydrogen-bond donors (Lipinski definition) is 1. The Kier molecular flexibility index (Phi) is 4.74. The molecule has 1 N–H and O–H groups in total. The first-order chi connectivity index (χ1) is 10.9. The van der Waals surface area contributed by atoms with Crippen LogP contribution in [-0.4, -0.2) is 22.6 Å². The Hall–Kier alpha value is -2.75. The van der Waals surface area contributed by atoms with Crippen molar-refractivity contribution < 1.29 is 19.5 Å². The summed E-state index contributed by atoms with van der Waals surface area (Å²) in [6.07, 6.45) is 0.334. The molecule has 0 aliphatic heterocycles. The first kappa shape index (κ1) is 16.6. The first-order valence-electron chi connectivity index (χ1n) is 7.38. The number of carboxylic acid groups (broad SMARTS) is 1. The van der Waals surface area contributed by atoms with E-state index in [0.717, 1.165) is 0 Å². The van der Waals surface area contributed by atoms with Crippen molar-refractivity contribution in [3.8, 4) is 0 Å². The Labute approximate surface area is 134 Å². The fourth-order valence-corrected chi connectivity index (χ4v) is 2.49. The lowest BCUT2D eigenvalue weighted by atomic mass is 9.75. The average molecular weight is 310 g/mol. The summed E-state index contributed by atoms with van der Waals surface area (Å²) in [6.45, 7) is 3.35. The van der Waals surface area contributed by atoms with E-state index in [1.165, 1.54) is 0 Å². The first-order valence-corrected chi connectivity index (χ1v) is 7.38. The van der Waals surface area contributed by atoms with Gasteiger partial charge in [0.25, 0.3) is 0 Å². The Morgan fingerprint density at radius 1 is 0.957 bits per heavy atom. The molecule has 0 radical (unpaired) electrons. The van der Waals surface area contributed by atoms with Crippen molar-refractivity contribution in [1.82, 2.24) is 0 Å². The molecule has 0 amide bonds. The van der Waals surface area contributed by atoms with Crippen molar-refractivity contribution >= 4 is 17.5 Å². The summed E-state index contributed by atoms with van der Waals surface area (Å²) in [5.74, 6) is -2.49. The molecule has 0 aromatic heterocycles. The van der Waals surface area contributed by atoms with Crippen LogP contribution in [0.3, 0.4) is 0 Å². The normalized spacial score (nSPS) is 13.1. The number of benzene rings is 2. The fourth-order valence-electron chi connectivity index (χ4n) is 2.49. The van der Waals surface area contributed by atoms with Gasteiger partial charge in [0, 0.05) is 11.1 Å². The molecule has 2 aromatic rings. The topological polar surface area (TPSA) is 71.4 Å². The molecule has 2 rings (SSSR count). The number of carbonyl (C=O) groups is 3. The summed E-state index contributed by atoms with van der Waals surface area (Å²) in [5, 5.41) is 9.05. The maximum absolute atomic E-state index is 12.5. The van der Waals surface area contributed by atoms with E-state index in [2.05, 4.69) is 0 Å². The van der Waals surface area contributed by atoms with E-state index in [1.807, 2.05) is 6.07 Å². The van der Waals surface area contributed by atoms with Gasteiger partial charge in [0.15, 0.2) is 5.78 Å². The smallest absolute Gasteiger partial charge is 0.373 e. The van der Waals surface area contributed by atoms with E-state index in [-0.39, 0.29) is 5.78 Å². The van der Waals surface area contributed by atoms with E-state index in [1.54, 1.807) is 62.4 Å². The van der Waals surface area contributed by atoms with Crippen LogP contribution >= 0.6 is 0 Å². The van der Waals surface area contributed by atoms with E-state index >= 15 is 0 Å². The van der Waals surface area contributed by atoms with E-state index in [4.69, 9.17) is 5.11 Å². The second-order valence-electron chi connectivity index (χ2n) is 5.60. The van der Waals surface area contributed by atoms with E-state index in [0.29, 0.717) is 23.1 Å². The van der Waals surface area contributed by atoms with Crippen LogP contribution in [0.4, 0.5) is 0 Å². The van der Waals surface area contributed by atoms with Crippen molar-refractivity contribution in [1.29, 1.82) is 0 Å². The zero-order valence-corrected chi connectivity index (χ0v) is 13.1. The summed E-state index contributed by atoms with van der Waals surface area (Å²) < 4.78 is 0. The molecule has 0 aliphatic rings. The van der Waals surface area contributed by atoms with Crippen LogP contribution in [0, 0.1) is 0 Å². The van der Waals surface area contributed by atoms with Gasteiger partial charge >= 0.3 is 5.97 Å². The van der Waals surface area contributed by atoms with Gasteiger partial charge in [0.1, 0.15) is 0 Å². The van der Waals surface area contributed by atoms with Crippen molar-refractivity contribution in [2.45, 2.75) is 25.7 Å². The number of ketones is 2. The van der Waals surface area contributed by atoms with Gasteiger partial charge in [-0.05, 0) is 25.0 Å². The molecule has 4 heteroatoms. The highest BCUT2D eigenvalue weighted by Crippen LogP contribution is 2.30. The summed E-state index contributed by atoms with van der Waals surface area (Å²) in [4.78, 5) is 35.7. The monoisotopic (exact) mass is 310 g/mol. The molecule has 0 heterocycles. The molecule has 0 spiro atoms. The zero-order chi connectivity index (χ0) is 17.0. The standard InChI is InChI=1S/C19H18O4/c1-3-19(2,17(21)18(22)23)15-11-7-10-14(12-15)16(20)13-8-5-4-6-9-13/h4-12H,3H2,1-2H3,(H,22,23). The summed E-state index contributed by atoms with van der Waals surface area (Å²) in [6, 6.07) is 15.5. The highest BCUT2D eigenvalue weighted by atomic mass is 16.4. The van der Waals surface area contributed by atoms with Gasteiger partial charge in [0.2, 0.25) is 5.78 Å². The number of rotatable bonds is 6. The lowest BCUT2D eigenvalue weighted by Crippen LogP contribution is -2.37. The highest BCUT2D eigenvalue weighted by molar-refractivity contribution is 6.36. The fraction of sp³-hybridized carbons (Fsp3) is 0.211. The zero-order valence-electron chi connectivity index (χ0n) is 13.1. The third-order valence-corrected chi connectivity index (χ3v) is 4.20. The van der Waals surface area contributed by atoms with Crippen LogP contribution in [0.5, 0.6) is 0 Å². The van der Waals surface area contributed by atoms with Crippen molar-refractivity contribution in [3.05, 3.63) is 71.3 Å². The summed E-state index contributed by atoms with van der Waals surface area (Å²) in [5.41, 5.74) is 0.367. The quantitative estimate of drug-likeness (QED) is 0.657. The Balaban J connectivity index is 2.45. The maximum Gasteiger partial charge on any atom is 0.373 e. The van der Waals surface area contributed by atoms with Crippen LogP contribution in [0.2, 0.25) is 0 Å². The van der Waals surface area contributed by atoms with Gasteiger partial charge in [-0.15, -0.1) is 0 Å². The molecule has 0 fully saturated rings. The molecule has 0 bridgehead atoms. The number of hydrogen-bond acceptors (Lipinski definition) is 3. The molecular weight excluding hydrogens is 292 g/mol. The van der Waals surface area contributed by atoms with E-state index in [9.17, 15) is 14.4 Å². The lowest BCUT2D eigenvalue weighted by Gasteiger charge is -2.25. The van der Waals surface area contributed by atoms with E-state index < -0.39 is 17.2 Å². The summed E-state index contributed by atoms with van der Waals surface area (Å²) >= 11 is 0. The number of carbonyl (C=O) groups excluding carboxylic acids is 2. The largest absolute Gasteiger partial charge is 0.475 e. The molecule has 0 saturated carbocycles. The van der Waals surface area contributed by atoms with Gasteiger partial charge in [0.05, 0.1) is 5.41 Å². The minimum atomic E-state index is -1.46. The predicted molar refractivity (Wildman–Crippen MR) is 86.6 cm³/mol. The van der Waals surface area contributed by atoms with Crippen LogP contribution in [0.1, 0.15) is 41.8 Å². The number of carboxylic acids is 1. The molecule has 2 aromatic carbocycles. The molecule has 1 unspecified atom stereocenters. The van der Waals surface area contributed by atoms with Crippen LogP contribution < -0.4 is 0 Å². The Bertz CT molecular complexity index is 749. The lowest BCUT2D eigenvalue weighted by molar-refractivity contribution is -0.151. The molecule has 4 nitrogen and oxygen atoms in total. The highest BCUT2D eigenvalue weighted by Gasteiger charge is 2.38. The second kappa shape index (κ2) is 6.57. The number of Topliss-reactive ketones (excluding diaryl/α,β-unsaturated/α-hetero) is 1.